The lowest BCUT2D eigenvalue weighted by atomic mass is 10.2. The Morgan fingerprint density at radius 3 is 2.56 bits per heavy atom. The van der Waals surface area contributed by atoms with Crippen LogP contribution >= 0.6 is 39.1 Å². The van der Waals surface area contributed by atoms with Crippen molar-refractivity contribution in [2.75, 3.05) is 10.6 Å². The van der Waals surface area contributed by atoms with Crippen molar-refractivity contribution in [1.29, 1.82) is 0 Å². The molecule has 3 N–H and O–H groups in total. The number of aryl methyl sites for hydroxylation is 1. The van der Waals surface area contributed by atoms with Gasteiger partial charge >= 0.3 is 0 Å². The van der Waals surface area contributed by atoms with E-state index in [2.05, 4.69) is 36.5 Å². The number of nitrogens with one attached hydrogen (secondary N) is 3. The van der Waals surface area contributed by atoms with Gasteiger partial charge in [-0.05, 0) is 42.8 Å². The van der Waals surface area contributed by atoms with Crippen LogP contribution < -0.4 is 10.6 Å². The van der Waals surface area contributed by atoms with E-state index in [0.29, 0.717) is 21.4 Å². The first-order valence-corrected chi connectivity index (χ1v) is 9.27. The maximum absolute atomic E-state index is 12.6. The molecule has 1 aromatic heterocycles. The first-order chi connectivity index (χ1) is 12.8. The largest absolute Gasteiger partial charge is 0.340 e. The number of hydrogen-bond acceptors (Lipinski definition) is 3. The molecule has 138 valence electrons. The number of carbonyl (C=O) groups excluding carboxylic acids is 2. The van der Waals surface area contributed by atoms with Crippen LogP contribution in [0, 0.1) is 6.92 Å². The van der Waals surface area contributed by atoms with Gasteiger partial charge in [-0.1, -0.05) is 45.2 Å². The molecule has 0 fully saturated rings. The molecule has 1 heterocycles. The normalized spacial score (nSPS) is 10.5. The van der Waals surface area contributed by atoms with Crippen LogP contribution in [-0.2, 0) is 0 Å². The fourth-order valence-corrected chi connectivity index (χ4v) is 2.98. The van der Waals surface area contributed by atoms with Crippen molar-refractivity contribution in [3.8, 4) is 0 Å². The van der Waals surface area contributed by atoms with Crippen LogP contribution in [0.5, 0.6) is 0 Å². The molecule has 0 unspecified atom stereocenters. The number of rotatable bonds is 4. The zero-order valence-electron chi connectivity index (χ0n) is 13.9. The van der Waals surface area contributed by atoms with Crippen LogP contribution in [0.15, 0.2) is 47.2 Å². The number of imidazole rings is 1. The first kappa shape index (κ1) is 19.4. The summed E-state index contributed by atoms with van der Waals surface area (Å²) >= 11 is 15.2. The molecular weight excluding hydrogens is 455 g/mol. The predicted molar refractivity (Wildman–Crippen MR) is 110 cm³/mol. The number of hydrogen-bond donors (Lipinski definition) is 3. The number of aromatic amines is 1. The highest BCUT2D eigenvalue weighted by Crippen LogP contribution is 2.25. The summed E-state index contributed by atoms with van der Waals surface area (Å²) in [6.07, 6.45) is 1.28. The second kappa shape index (κ2) is 8.12. The average Bonchev–Trinajstić information content (AvgIpc) is 3.11. The zero-order valence-corrected chi connectivity index (χ0v) is 17.0. The average molecular weight is 468 g/mol. The minimum Gasteiger partial charge on any atom is -0.340 e. The number of amides is 2. The van der Waals surface area contributed by atoms with Gasteiger partial charge in [-0.2, -0.15) is 0 Å². The molecule has 2 aromatic carbocycles. The third-order valence-corrected chi connectivity index (χ3v) is 4.94. The van der Waals surface area contributed by atoms with Gasteiger partial charge in [0, 0.05) is 15.8 Å². The molecule has 0 bridgehead atoms. The van der Waals surface area contributed by atoms with E-state index in [1.54, 1.807) is 18.2 Å². The number of halogens is 3. The van der Waals surface area contributed by atoms with Crippen LogP contribution in [-0.4, -0.2) is 21.8 Å². The fourth-order valence-electron chi connectivity index (χ4n) is 2.32. The Bertz CT molecular complexity index is 1040. The van der Waals surface area contributed by atoms with Crippen LogP contribution in [0.3, 0.4) is 0 Å². The molecule has 0 aliphatic rings. The van der Waals surface area contributed by atoms with Crippen LogP contribution in [0.1, 0.15) is 26.5 Å². The van der Waals surface area contributed by atoms with Gasteiger partial charge in [0.15, 0.2) is 5.69 Å². The van der Waals surface area contributed by atoms with E-state index in [0.717, 1.165) is 10.0 Å². The van der Waals surface area contributed by atoms with Gasteiger partial charge in [0.05, 0.1) is 16.4 Å². The van der Waals surface area contributed by atoms with E-state index >= 15 is 0 Å². The lowest BCUT2D eigenvalue weighted by Crippen LogP contribution is -2.20. The summed E-state index contributed by atoms with van der Waals surface area (Å²) in [5.41, 5.74) is 1.96. The van der Waals surface area contributed by atoms with Crippen molar-refractivity contribution < 1.29 is 9.59 Å². The van der Waals surface area contributed by atoms with Crippen molar-refractivity contribution in [3.63, 3.8) is 0 Å². The number of carbonyl (C=O) groups is 2. The molecule has 3 rings (SSSR count). The molecule has 2 amide bonds. The lowest BCUT2D eigenvalue weighted by Gasteiger charge is -2.09. The zero-order chi connectivity index (χ0) is 19.6. The van der Waals surface area contributed by atoms with Crippen molar-refractivity contribution in [2.45, 2.75) is 6.92 Å². The molecule has 0 aliphatic heterocycles. The molecule has 27 heavy (non-hydrogen) atoms. The molecule has 0 radical (unpaired) electrons. The van der Waals surface area contributed by atoms with E-state index in [1.165, 1.54) is 12.4 Å². The van der Waals surface area contributed by atoms with Crippen molar-refractivity contribution >= 4 is 62.3 Å². The van der Waals surface area contributed by atoms with Gasteiger partial charge in [0.2, 0.25) is 0 Å². The molecule has 3 aromatic rings. The molecular formula is C18H13BrCl2N4O2. The van der Waals surface area contributed by atoms with Gasteiger partial charge in [0.25, 0.3) is 11.8 Å². The predicted octanol–water partition coefficient (Wildman–Crippen LogP) is 5.29. The quantitative estimate of drug-likeness (QED) is 0.487. The Balaban J connectivity index is 1.80. The number of nitrogens with zero attached hydrogens (tertiary/aromatic N) is 1. The molecule has 0 spiro atoms. The summed E-state index contributed by atoms with van der Waals surface area (Å²) in [5, 5.41) is 6.09. The molecule has 0 atom stereocenters. The summed E-state index contributed by atoms with van der Waals surface area (Å²) in [6.45, 7) is 1.87. The summed E-state index contributed by atoms with van der Waals surface area (Å²) in [7, 11) is 0. The van der Waals surface area contributed by atoms with E-state index in [1.807, 2.05) is 19.1 Å². The van der Waals surface area contributed by atoms with Gasteiger partial charge in [-0.25, -0.2) is 4.98 Å². The number of H-pyrrole nitrogens is 1. The minimum atomic E-state index is -0.550. The van der Waals surface area contributed by atoms with E-state index < -0.39 is 11.8 Å². The third kappa shape index (κ3) is 4.50. The number of benzene rings is 2. The van der Waals surface area contributed by atoms with Crippen molar-refractivity contribution in [1.82, 2.24) is 9.97 Å². The maximum Gasteiger partial charge on any atom is 0.276 e. The third-order valence-electron chi connectivity index (χ3n) is 3.71. The van der Waals surface area contributed by atoms with Crippen LogP contribution in [0.4, 0.5) is 11.4 Å². The van der Waals surface area contributed by atoms with E-state index in [4.69, 9.17) is 23.2 Å². The Hall–Kier alpha value is -2.35. The smallest absolute Gasteiger partial charge is 0.276 e. The van der Waals surface area contributed by atoms with Gasteiger partial charge in [-0.15, -0.1) is 0 Å². The summed E-state index contributed by atoms with van der Waals surface area (Å²) in [6, 6.07) is 10.2. The Kier molecular flexibility index (Phi) is 5.84. The Labute approximate surface area is 173 Å². The highest BCUT2D eigenvalue weighted by Gasteiger charge is 2.21. The summed E-state index contributed by atoms with van der Waals surface area (Å²) in [4.78, 5) is 31.8. The second-order valence-electron chi connectivity index (χ2n) is 5.62. The molecule has 0 saturated carbocycles. The van der Waals surface area contributed by atoms with Gasteiger partial charge in [-0.3, -0.25) is 9.59 Å². The Morgan fingerprint density at radius 2 is 1.81 bits per heavy atom. The van der Waals surface area contributed by atoms with Gasteiger partial charge < -0.3 is 15.6 Å². The highest BCUT2D eigenvalue weighted by atomic mass is 79.9. The monoisotopic (exact) mass is 466 g/mol. The van der Waals surface area contributed by atoms with Crippen molar-refractivity contribution in [3.05, 3.63) is 74.2 Å². The molecule has 0 aliphatic carbocycles. The standard InChI is InChI=1S/C18H13BrCl2N4O2/c1-9-2-3-10(19)6-14(9)25-18(27)16-15(22-8-23-16)17(26)24-11-4-5-12(20)13(21)7-11/h2-8H,1H3,(H,22,23)(H,24,26)(H,25,27). The van der Waals surface area contributed by atoms with E-state index in [9.17, 15) is 9.59 Å². The van der Waals surface area contributed by atoms with Crippen molar-refractivity contribution in [2.24, 2.45) is 0 Å². The highest BCUT2D eigenvalue weighted by molar-refractivity contribution is 9.10. The summed E-state index contributed by atoms with van der Waals surface area (Å²) < 4.78 is 0.825. The first-order valence-electron chi connectivity index (χ1n) is 7.72. The van der Waals surface area contributed by atoms with Crippen LogP contribution in [0.25, 0.3) is 0 Å². The maximum atomic E-state index is 12.6. The number of anilines is 2. The fraction of sp³-hybridized carbons (Fsp3) is 0.0556. The Morgan fingerprint density at radius 1 is 1.04 bits per heavy atom. The minimum absolute atomic E-state index is 0.0359. The number of aromatic nitrogens is 2. The summed E-state index contributed by atoms with van der Waals surface area (Å²) in [5.74, 6) is -1.03. The second-order valence-corrected chi connectivity index (χ2v) is 7.35. The van der Waals surface area contributed by atoms with Crippen LogP contribution in [0.2, 0.25) is 10.0 Å². The van der Waals surface area contributed by atoms with E-state index in [-0.39, 0.29) is 11.4 Å². The molecule has 9 heteroatoms. The molecule has 6 nitrogen and oxygen atoms in total. The van der Waals surface area contributed by atoms with Gasteiger partial charge in [0.1, 0.15) is 5.69 Å². The SMILES string of the molecule is Cc1ccc(Br)cc1NC(=O)c1[nH]cnc1C(=O)Nc1ccc(Cl)c(Cl)c1. The lowest BCUT2D eigenvalue weighted by molar-refractivity contribution is 0.0985. The molecule has 0 saturated heterocycles. The topological polar surface area (TPSA) is 86.9 Å².